The number of hydrogen-bond donors (Lipinski definition) is 2. The van der Waals surface area contributed by atoms with Gasteiger partial charge < -0.3 is 14.8 Å². The van der Waals surface area contributed by atoms with Crippen LogP contribution in [0.5, 0.6) is 0 Å². The Kier molecular flexibility index (Phi) is 4.80. The highest BCUT2D eigenvalue weighted by atomic mass is 32.1. The van der Waals surface area contributed by atoms with Crippen molar-refractivity contribution in [1.29, 1.82) is 0 Å². The van der Waals surface area contributed by atoms with Crippen molar-refractivity contribution < 1.29 is 10.2 Å². The van der Waals surface area contributed by atoms with Crippen LogP contribution in [-0.2, 0) is 19.6 Å². The lowest BCUT2D eigenvalue weighted by molar-refractivity contribution is 0.276. The Labute approximate surface area is 118 Å². The van der Waals surface area contributed by atoms with Gasteiger partial charge >= 0.3 is 0 Å². The highest BCUT2D eigenvalue weighted by Crippen LogP contribution is 2.25. The molecule has 0 aliphatic heterocycles. The van der Waals surface area contributed by atoms with Crippen LogP contribution >= 0.6 is 11.3 Å². The molecule has 0 unspecified atom stereocenters. The molecule has 0 radical (unpaired) electrons. The summed E-state index contributed by atoms with van der Waals surface area (Å²) in [5, 5.41) is 20.7. The van der Waals surface area contributed by atoms with E-state index < -0.39 is 0 Å². The van der Waals surface area contributed by atoms with Crippen LogP contribution in [0.1, 0.15) is 33.8 Å². The molecule has 2 aromatic rings. The second-order valence-corrected chi connectivity index (χ2v) is 5.81. The van der Waals surface area contributed by atoms with Gasteiger partial charge in [0.25, 0.3) is 0 Å². The number of aromatic nitrogens is 1. The summed E-state index contributed by atoms with van der Waals surface area (Å²) in [4.78, 5) is 1.32. The first kappa shape index (κ1) is 14.3. The quantitative estimate of drug-likeness (QED) is 0.854. The third kappa shape index (κ3) is 2.91. The van der Waals surface area contributed by atoms with Crippen molar-refractivity contribution in [3.63, 3.8) is 0 Å². The summed E-state index contributed by atoms with van der Waals surface area (Å²) in [6.07, 6.45) is 1.58. The molecule has 4 heteroatoms. The normalized spacial score (nSPS) is 11.2. The average Bonchev–Trinajstić information content (AvgIpc) is 2.99. The monoisotopic (exact) mass is 279 g/mol. The van der Waals surface area contributed by atoms with Crippen LogP contribution in [0.3, 0.4) is 0 Å². The lowest BCUT2D eigenvalue weighted by Crippen LogP contribution is -2.03. The maximum absolute atomic E-state index is 9.59. The number of thiophene rings is 1. The maximum Gasteiger partial charge on any atom is 0.0702 e. The van der Waals surface area contributed by atoms with Gasteiger partial charge in [-0.05, 0) is 43.7 Å². The number of aliphatic hydroxyl groups is 2. The van der Waals surface area contributed by atoms with Gasteiger partial charge in [0.1, 0.15) is 0 Å². The summed E-state index contributed by atoms with van der Waals surface area (Å²) in [6, 6.07) is 4.20. The van der Waals surface area contributed by atoms with Crippen molar-refractivity contribution in [3.05, 3.63) is 44.9 Å². The van der Waals surface area contributed by atoms with Gasteiger partial charge in [-0.3, -0.25) is 0 Å². The molecule has 2 heterocycles. The fourth-order valence-corrected chi connectivity index (χ4v) is 3.30. The van der Waals surface area contributed by atoms with Crippen LogP contribution < -0.4 is 0 Å². The molecule has 0 aliphatic rings. The SMILES string of the molecule is Cc1c(CO)c(CCCO)c(C)n1Cc1cccs1. The van der Waals surface area contributed by atoms with E-state index >= 15 is 0 Å². The first-order valence-corrected chi connectivity index (χ1v) is 7.48. The standard InChI is InChI=1S/C15H21NO2S/c1-11-14(6-3-7-17)15(10-18)12(2)16(11)9-13-5-4-8-19-13/h4-5,8,17-18H,3,6-7,9-10H2,1-2H3. The van der Waals surface area contributed by atoms with E-state index in [2.05, 4.69) is 35.9 Å². The van der Waals surface area contributed by atoms with Crippen LogP contribution in [0.25, 0.3) is 0 Å². The van der Waals surface area contributed by atoms with Crippen LogP contribution in [0.4, 0.5) is 0 Å². The molecular formula is C15H21NO2S. The minimum atomic E-state index is 0.0743. The summed E-state index contributed by atoms with van der Waals surface area (Å²) in [5.41, 5.74) is 4.58. The zero-order valence-electron chi connectivity index (χ0n) is 11.5. The van der Waals surface area contributed by atoms with E-state index in [0.717, 1.165) is 30.6 Å². The van der Waals surface area contributed by atoms with E-state index in [0.29, 0.717) is 0 Å². The van der Waals surface area contributed by atoms with Crippen LogP contribution in [0, 0.1) is 13.8 Å². The predicted molar refractivity (Wildman–Crippen MR) is 78.7 cm³/mol. The third-order valence-corrected chi connectivity index (χ3v) is 4.55. The molecule has 19 heavy (non-hydrogen) atoms. The summed E-state index contributed by atoms with van der Waals surface area (Å²) < 4.78 is 2.27. The topological polar surface area (TPSA) is 45.4 Å². The Morgan fingerprint density at radius 3 is 2.47 bits per heavy atom. The molecular weight excluding hydrogens is 258 g/mol. The Balaban J connectivity index is 2.35. The molecule has 2 N–H and O–H groups in total. The van der Waals surface area contributed by atoms with E-state index in [1.54, 1.807) is 11.3 Å². The molecule has 104 valence electrons. The molecule has 0 bridgehead atoms. The van der Waals surface area contributed by atoms with E-state index in [9.17, 15) is 5.11 Å². The van der Waals surface area contributed by atoms with Gasteiger partial charge in [-0.25, -0.2) is 0 Å². The molecule has 0 fully saturated rings. The van der Waals surface area contributed by atoms with Crippen molar-refractivity contribution in [3.8, 4) is 0 Å². The van der Waals surface area contributed by atoms with Gasteiger partial charge in [0.2, 0.25) is 0 Å². The highest BCUT2D eigenvalue weighted by Gasteiger charge is 2.16. The number of rotatable bonds is 6. The molecule has 0 aliphatic carbocycles. The Morgan fingerprint density at radius 2 is 1.89 bits per heavy atom. The largest absolute Gasteiger partial charge is 0.396 e. The second-order valence-electron chi connectivity index (χ2n) is 4.78. The Morgan fingerprint density at radius 1 is 1.16 bits per heavy atom. The van der Waals surface area contributed by atoms with Crippen molar-refractivity contribution in [1.82, 2.24) is 4.57 Å². The van der Waals surface area contributed by atoms with Gasteiger partial charge in [-0.2, -0.15) is 0 Å². The zero-order chi connectivity index (χ0) is 13.8. The van der Waals surface area contributed by atoms with E-state index in [4.69, 9.17) is 5.11 Å². The van der Waals surface area contributed by atoms with Crippen LogP contribution in [-0.4, -0.2) is 21.4 Å². The van der Waals surface area contributed by atoms with Gasteiger partial charge in [-0.15, -0.1) is 11.3 Å². The van der Waals surface area contributed by atoms with Crippen molar-refractivity contribution >= 4 is 11.3 Å². The molecule has 0 saturated heterocycles. The van der Waals surface area contributed by atoms with Gasteiger partial charge in [0, 0.05) is 28.4 Å². The Hall–Kier alpha value is -1.10. The maximum atomic E-state index is 9.59. The predicted octanol–water partition coefficient (Wildman–Crippen LogP) is 2.63. The average molecular weight is 279 g/mol. The first-order chi connectivity index (χ1) is 9.19. The van der Waals surface area contributed by atoms with Crippen LogP contribution in [0.2, 0.25) is 0 Å². The molecule has 0 atom stereocenters. The molecule has 2 rings (SSSR count). The van der Waals surface area contributed by atoms with E-state index in [1.165, 1.54) is 16.1 Å². The fourth-order valence-electron chi connectivity index (χ4n) is 2.61. The van der Waals surface area contributed by atoms with Crippen molar-refractivity contribution in [2.24, 2.45) is 0 Å². The molecule has 3 nitrogen and oxygen atoms in total. The summed E-state index contributed by atoms with van der Waals surface area (Å²) in [7, 11) is 0. The summed E-state index contributed by atoms with van der Waals surface area (Å²) >= 11 is 1.75. The highest BCUT2D eigenvalue weighted by molar-refractivity contribution is 7.09. The minimum absolute atomic E-state index is 0.0743. The number of aliphatic hydroxyl groups excluding tert-OH is 2. The molecule has 0 spiro atoms. The van der Waals surface area contributed by atoms with E-state index in [-0.39, 0.29) is 13.2 Å². The Bertz CT molecular complexity index is 529. The summed E-state index contributed by atoms with van der Waals surface area (Å²) in [5.74, 6) is 0. The number of nitrogens with zero attached hydrogens (tertiary/aromatic N) is 1. The van der Waals surface area contributed by atoms with Crippen molar-refractivity contribution in [2.75, 3.05) is 6.61 Å². The summed E-state index contributed by atoms with van der Waals surface area (Å²) in [6.45, 7) is 5.30. The molecule has 0 amide bonds. The second kappa shape index (κ2) is 6.37. The van der Waals surface area contributed by atoms with Gasteiger partial charge in [-0.1, -0.05) is 6.07 Å². The lowest BCUT2D eigenvalue weighted by Gasteiger charge is -2.08. The first-order valence-electron chi connectivity index (χ1n) is 6.60. The van der Waals surface area contributed by atoms with Gasteiger partial charge in [0.05, 0.1) is 13.2 Å². The minimum Gasteiger partial charge on any atom is -0.396 e. The van der Waals surface area contributed by atoms with Gasteiger partial charge in [0.15, 0.2) is 0 Å². The number of hydrogen-bond acceptors (Lipinski definition) is 3. The smallest absolute Gasteiger partial charge is 0.0702 e. The fraction of sp³-hybridized carbons (Fsp3) is 0.467. The molecule has 0 saturated carbocycles. The van der Waals surface area contributed by atoms with Crippen molar-refractivity contribution in [2.45, 2.75) is 39.8 Å². The van der Waals surface area contributed by atoms with E-state index in [1.807, 2.05) is 0 Å². The lowest BCUT2D eigenvalue weighted by atomic mass is 10.0. The molecule has 2 aromatic heterocycles. The van der Waals surface area contributed by atoms with Crippen LogP contribution in [0.15, 0.2) is 17.5 Å². The third-order valence-electron chi connectivity index (χ3n) is 3.68. The molecule has 0 aromatic carbocycles. The zero-order valence-corrected chi connectivity index (χ0v) is 12.3.